The first-order chi connectivity index (χ1) is 5.88. The van der Waals surface area contributed by atoms with Gasteiger partial charge in [0.15, 0.2) is 0 Å². The van der Waals surface area contributed by atoms with Gasteiger partial charge in [-0.05, 0) is 25.0 Å². The van der Waals surface area contributed by atoms with Gasteiger partial charge in [0.25, 0.3) is 0 Å². The van der Waals surface area contributed by atoms with E-state index >= 15 is 0 Å². The molecular formula is C10H18N2. The third-order valence-electron chi connectivity index (χ3n) is 1.88. The molecular weight excluding hydrogens is 148 g/mol. The van der Waals surface area contributed by atoms with Gasteiger partial charge in [0.2, 0.25) is 0 Å². The van der Waals surface area contributed by atoms with Crippen LogP contribution in [-0.4, -0.2) is 17.8 Å². The van der Waals surface area contributed by atoms with Crippen LogP contribution < -0.4 is 5.01 Å². The maximum atomic E-state index is 2.36. The van der Waals surface area contributed by atoms with Crippen LogP contribution in [0, 0.1) is 0 Å². The minimum Gasteiger partial charge on any atom is -0.313 e. The number of nitrogens with zero attached hydrogens (tertiary/aromatic N) is 2. The van der Waals surface area contributed by atoms with E-state index in [9.17, 15) is 0 Å². The summed E-state index contributed by atoms with van der Waals surface area (Å²) in [5, 5.41) is 2.36. The second-order valence-electron chi connectivity index (χ2n) is 3.02. The number of aromatic nitrogens is 1. The Morgan fingerprint density at radius 2 is 1.50 bits per heavy atom. The predicted octanol–water partition coefficient (Wildman–Crippen LogP) is 2.25. The minimum absolute atomic E-state index is 1.14. The quantitative estimate of drug-likeness (QED) is 0.651. The molecule has 2 heteroatoms. The van der Waals surface area contributed by atoms with Crippen LogP contribution in [0.3, 0.4) is 0 Å². The van der Waals surface area contributed by atoms with Crippen LogP contribution in [-0.2, 0) is 0 Å². The van der Waals surface area contributed by atoms with Gasteiger partial charge in [-0.2, -0.15) is 0 Å². The summed E-state index contributed by atoms with van der Waals surface area (Å²) in [5.41, 5.74) is 0. The summed E-state index contributed by atoms with van der Waals surface area (Å²) in [5.74, 6) is 0. The molecule has 0 aliphatic heterocycles. The molecule has 68 valence electrons. The van der Waals surface area contributed by atoms with Crippen molar-refractivity contribution in [2.45, 2.75) is 26.7 Å². The lowest BCUT2D eigenvalue weighted by molar-refractivity contribution is 0.571. The van der Waals surface area contributed by atoms with Crippen LogP contribution in [0.5, 0.6) is 0 Å². The van der Waals surface area contributed by atoms with Crippen molar-refractivity contribution in [2.24, 2.45) is 0 Å². The topological polar surface area (TPSA) is 8.17 Å². The van der Waals surface area contributed by atoms with Crippen LogP contribution in [0.15, 0.2) is 24.5 Å². The Kier molecular flexibility index (Phi) is 3.71. The van der Waals surface area contributed by atoms with Gasteiger partial charge in [0.1, 0.15) is 0 Å². The molecule has 0 amide bonds. The lowest BCUT2D eigenvalue weighted by Crippen LogP contribution is -2.34. The molecule has 0 saturated heterocycles. The highest BCUT2D eigenvalue weighted by atomic mass is 15.5. The molecule has 1 aromatic heterocycles. The summed E-state index contributed by atoms with van der Waals surface area (Å²) in [4.78, 5) is 0. The molecule has 0 atom stereocenters. The van der Waals surface area contributed by atoms with Gasteiger partial charge in [-0.1, -0.05) is 13.8 Å². The monoisotopic (exact) mass is 166 g/mol. The van der Waals surface area contributed by atoms with Crippen LogP contribution >= 0.6 is 0 Å². The standard InChI is InChI=1S/C10H18N2/c1-3-7-11(8-4-2)12-9-5-6-10-12/h5-6,9-10H,3-4,7-8H2,1-2H3. The normalized spacial score (nSPS) is 10.2. The maximum Gasteiger partial charge on any atom is 0.0341 e. The molecule has 0 aromatic carbocycles. The number of hydrogen-bond acceptors (Lipinski definition) is 1. The molecule has 0 bridgehead atoms. The molecule has 0 saturated carbocycles. The van der Waals surface area contributed by atoms with Gasteiger partial charge in [0.05, 0.1) is 0 Å². The van der Waals surface area contributed by atoms with E-state index in [1.807, 2.05) is 0 Å². The first-order valence-electron chi connectivity index (χ1n) is 4.76. The Morgan fingerprint density at radius 1 is 1.00 bits per heavy atom. The van der Waals surface area contributed by atoms with Crippen molar-refractivity contribution in [2.75, 3.05) is 18.1 Å². The molecule has 1 aromatic rings. The van der Waals surface area contributed by atoms with Crippen molar-refractivity contribution in [3.05, 3.63) is 24.5 Å². The van der Waals surface area contributed by atoms with Gasteiger partial charge in [-0.25, -0.2) is 0 Å². The summed E-state index contributed by atoms with van der Waals surface area (Å²) in [6, 6.07) is 4.14. The summed E-state index contributed by atoms with van der Waals surface area (Å²) in [6.45, 7) is 6.71. The van der Waals surface area contributed by atoms with E-state index in [0.717, 1.165) is 13.1 Å². The fraction of sp³-hybridized carbons (Fsp3) is 0.600. The zero-order valence-corrected chi connectivity index (χ0v) is 8.03. The van der Waals surface area contributed by atoms with Crippen LogP contribution in [0.25, 0.3) is 0 Å². The van der Waals surface area contributed by atoms with Gasteiger partial charge in [-0.3, -0.25) is 4.68 Å². The van der Waals surface area contributed by atoms with Crippen molar-refractivity contribution in [1.82, 2.24) is 4.68 Å². The van der Waals surface area contributed by atoms with Crippen molar-refractivity contribution in [3.63, 3.8) is 0 Å². The molecule has 1 heterocycles. The van der Waals surface area contributed by atoms with E-state index in [2.05, 4.69) is 48.1 Å². The summed E-state index contributed by atoms with van der Waals surface area (Å²) < 4.78 is 2.17. The molecule has 0 aliphatic rings. The molecule has 0 fully saturated rings. The Balaban J connectivity index is 2.53. The highest BCUT2D eigenvalue weighted by Crippen LogP contribution is 1.96. The van der Waals surface area contributed by atoms with E-state index in [4.69, 9.17) is 0 Å². The highest BCUT2D eigenvalue weighted by Gasteiger charge is 1.99. The van der Waals surface area contributed by atoms with Crippen molar-refractivity contribution < 1.29 is 0 Å². The third kappa shape index (κ3) is 2.29. The lowest BCUT2D eigenvalue weighted by atomic mass is 10.4. The van der Waals surface area contributed by atoms with E-state index in [0.29, 0.717) is 0 Å². The average molecular weight is 166 g/mol. The third-order valence-corrected chi connectivity index (χ3v) is 1.88. The molecule has 0 aliphatic carbocycles. The first-order valence-corrected chi connectivity index (χ1v) is 4.76. The highest BCUT2D eigenvalue weighted by molar-refractivity contribution is 4.97. The number of hydrogen-bond donors (Lipinski definition) is 0. The molecule has 0 radical (unpaired) electrons. The molecule has 0 N–H and O–H groups in total. The molecule has 0 unspecified atom stereocenters. The van der Waals surface area contributed by atoms with Gasteiger partial charge < -0.3 is 5.01 Å². The maximum absolute atomic E-state index is 2.36. The Bertz CT molecular complexity index is 186. The second-order valence-corrected chi connectivity index (χ2v) is 3.02. The lowest BCUT2D eigenvalue weighted by Gasteiger charge is -2.24. The van der Waals surface area contributed by atoms with E-state index in [1.165, 1.54) is 12.8 Å². The fourth-order valence-corrected chi connectivity index (χ4v) is 1.37. The van der Waals surface area contributed by atoms with Crippen molar-refractivity contribution in [1.29, 1.82) is 0 Å². The zero-order chi connectivity index (χ0) is 8.81. The summed E-state index contributed by atoms with van der Waals surface area (Å²) in [6.07, 6.45) is 6.62. The first kappa shape index (κ1) is 9.17. The van der Waals surface area contributed by atoms with Gasteiger partial charge >= 0.3 is 0 Å². The van der Waals surface area contributed by atoms with Gasteiger partial charge in [0, 0.05) is 25.5 Å². The van der Waals surface area contributed by atoms with Crippen molar-refractivity contribution >= 4 is 0 Å². The molecule has 2 nitrogen and oxygen atoms in total. The van der Waals surface area contributed by atoms with Crippen LogP contribution in [0.4, 0.5) is 0 Å². The van der Waals surface area contributed by atoms with Gasteiger partial charge in [-0.15, -0.1) is 0 Å². The molecule has 0 spiro atoms. The second kappa shape index (κ2) is 4.86. The number of rotatable bonds is 5. The Morgan fingerprint density at radius 3 is 1.92 bits per heavy atom. The fourth-order valence-electron chi connectivity index (χ4n) is 1.37. The molecule has 1 rings (SSSR count). The zero-order valence-electron chi connectivity index (χ0n) is 8.03. The van der Waals surface area contributed by atoms with E-state index < -0.39 is 0 Å². The largest absolute Gasteiger partial charge is 0.313 e. The van der Waals surface area contributed by atoms with E-state index in [-0.39, 0.29) is 0 Å². The SMILES string of the molecule is CCCN(CCC)n1cccc1. The van der Waals surface area contributed by atoms with Crippen LogP contribution in [0.1, 0.15) is 26.7 Å². The Hall–Kier alpha value is -0.920. The summed E-state index contributed by atoms with van der Waals surface area (Å²) in [7, 11) is 0. The average Bonchev–Trinajstić information content (AvgIpc) is 2.56. The summed E-state index contributed by atoms with van der Waals surface area (Å²) >= 11 is 0. The van der Waals surface area contributed by atoms with E-state index in [1.54, 1.807) is 0 Å². The molecule has 12 heavy (non-hydrogen) atoms. The van der Waals surface area contributed by atoms with Crippen LogP contribution in [0.2, 0.25) is 0 Å². The van der Waals surface area contributed by atoms with Crippen molar-refractivity contribution in [3.8, 4) is 0 Å². The smallest absolute Gasteiger partial charge is 0.0341 e. The minimum atomic E-state index is 1.14. The predicted molar refractivity (Wildman–Crippen MR) is 53.0 cm³/mol. The Labute approximate surface area is 74.8 Å².